The molecular weight excluding hydrogens is 365 g/mol. The molecule has 0 radical (unpaired) electrons. The zero-order valence-corrected chi connectivity index (χ0v) is 15.1. The summed E-state index contributed by atoms with van der Waals surface area (Å²) in [6.45, 7) is 0. The van der Waals surface area contributed by atoms with Gasteiger partial charge in [0, 0.05) is 5.56 Å². The number of halogens is 1. The van der Waals surface area contributed by atoms with Crippen LogP contribution in [-0.2, 0) is 21.3 Å². The molecule has 0 aliphatic heterocycles. The lowest BCUT2D eigenvalue weighted by Gasteiger charge is -2.07. The average Bonchev–Trinajstić information content (AvgIpc) is 3.09. The Morgan fingerprint density at radius 1 is 0.926 bits per heavy atom. The molecule has 4 nitrogen and oxygen atoms in total. The number of aromatic nitrogens is 1. The van der Waals surface area contributed by atoms with Crippen LogP contribution < -0.4 is 0 Å². The fraction of sp³-hybridized carbons (Fsp3) is 0.0952. The summed E-state index contributed by atoms with van der Waals surface area (Å²) < 4.78 is 44.0. The Bertz CT molecular complexity index is 1210. The van der Waals surface area contributed by atoms with Crippen molar-refractivity contribution in [3.8, 4) is 11.5 Å². The minimum Gasteiger partial charge on any atom is -0.444 e. The molecule has 3 aromatic carbocycles. The SMILES string of the molecule is O=S(=O)(Cc1coc(-c2cccc(F)c2)n1)Cc1cccc2ccccc12. The van der Waals surface area contributed by atoms with Crippen LogP contribution in [0.15, 0.2) is 77.4 Å². The minimum atomic E-state index is -3.45. The van der Waals surface area contributed by atoms with E-state index in [0.29, 0.717) is 11.3 Å². The van der Waals surface area contributed by atoms with E-state index in [-0.39, 0.29) is 17.4 Å². The minimum absolute atomic E-state index is 0.0868. The molecule has 0 N–H and O–H groups in total. The summed E-state index contributed by atoms with van der Waals surface area (Å²) in [5.74, 6) is -0.536. The van der Waals surface area contributed by atoms with E-state index in [9.17, 15) is 12.8 Å². The van der Waals surface area contributed by atoms with Gasteiger partial charge in [-0.25, -0.2) is 17.8 Å². The Balaban J connectivity index is 1.57. The summed E-state index contributed by atoms with van der Waals surface area (Å²) in [5, 5.41) is 1.92. The summed E-state index contributed by atoms with van der Waals surface area (Å²) in [5.41, 5.74) is 1.52. The van der Waals surface area contributed by atoms with E-state index in [1.807, 2.05) is 42.5 Å². The highest BCUT2D eigenvalue weighted by atomic mass is 32.2. The molecular formula is C21H16FNO3S. The maximum Gasteiger partial charge on any atom is 0.226 e. The molecule has 0 fully saturated rings. The van der Waals surface area contributed by atoms with Crippen molar-refractivity contribution in [3.63, 3.8) is 0 Å². The number of hydrogen-bond donors (Lipinski definition) is 0. The Hall–Kier alpha value is -2.99. The monoisotopic (exact) mass is 381 g/mol. The molecule has 0 unspecified atom stereocenters. The van der Waals surface area contributed by atoms with Crippen LogP contribution in [0.4, 0.5) is 4.39 Å². The summed E-state index contributed by atoms with van der Waals surface area (Å²) in [7, 11) is -3.45. The van der Waals surface area contributed by atoms with Gasteiger partial charge in [0.25, 0.3) is 0 Å². The highest BCUT2D eigenvalue weighted by molar-refractivity contribution is 7.89. The van der Waals surface area contributed by atoms with E-state index in [2.05, 4.69) is 4.98 Å². The fourth-order valence-electron chi connectivity index (χ4n) is 3.06. The summed E-state index contributed by atoms with van der Waals surface area (Å²) in [6.07, 6.45) is 1.31. The second kappa shape index (κ2) is 6.96. The molecule has 1 aromatic heterocycles. The predicted octanol–water partition coefficient (Wildman–Crippen LogP) is 4.75. The molecule has 0 aliphatic carbocycles. The first-order chi connectivity index (χ1) is 13.0. The number of rotatable bonds is 5. The highest BCUT2D eigenvalue weighted by Gasteiger charge is 2.18. The molecule has 27 heavy (non-hydrogen) atoms. The average molecular weight is 381 g/mol. The van der Waals surface area contributed by atoms with E-state index in [4.69, 9.17) is 4.42 Å². The zero-order valence-electron chi connectivity index (χ0n) is 14.3. The number of fused-ring (bicyclic) bond motifs is 1. The van der Waals surface area contributed by atoms with Gasteiger partial charge < -0.3 is 4.42 Å². The molecule has 0 aliphatic rings. The number of oxazole rings is 1. The van der Waals surface area contributed by atoms with Gasteiger partial charge in [-0.15, -0.1) is 0 Å². The van der Waals surface area contributed by atoms with Gasteiger partial charge in [0.15, 0.2) is 9.84 Å². The Morgan fingerprint density at radius 2 is 1.70 bits per heavy atom. The van der Waals surface area contributed by atoms with Crippen molar-refractivity contribution >= 4 is 20.6 Å². The Morgan fingerprint density at radius 3 is 2.56 bits per heavy atom. The Kier molecular flexibility index (Phi) is 4.49. The lowest BCUT2D eigenvalue weighted by Crippen LogP contribution is -2.08. The van der Waals surface area contributed by atoms with Crippen LogP contribution in [0, 0.1) is 5.82 Å². The van der Waals surface area contributed by atoms with Crippen LogP contribution >= 0.6 is 0 Å². The first-order valence-corrected chi connectivity index (χ1v) is 10.2. The van der Waals surface area contributed by atoms with Crippen molar-refractivity contribution in [2.24, 2.45) is 0 Å². The lowest BCUT2D eigenvalue weighted by atomic mass is 10.1. The summed E-state index contributed by atoms with van der Waals surface area (Å²) >= 11 is 0. The normalized spacial score (nSPS) is 11.7. The number of nitrogens with zero attached hydrogens (tertiary/aromatic N) is 1. The second-order valence-corrected chi connectivity index (χ2v) is 8.39. The van der Waals surface area contributed by atoms with Crippen LogP contribution in [0.2, 0.25) is 0 Å². The standard InChI is InChI=1S/C21H16FNO3S/c22-18-9-4-7-16(11-18)21-23-19(12-26-21)14-27(24,25)13-17-8-3-6-15-5-1-2-10-20(15)17/h1-12H,13-14H2. The molecule has 6 heteroatoms. The first-order valence-electron chi connectivity index (χ1n) is 8.38. The topological polar surface area (TPSA) is 60.2 Å². The molecule has 1 heterocycles. The predicted molar refractivity (Wildman–Crippen MR) is 102 cm³/mol. The second-order valence-electron chi connectivity index (χ2n) is 6.32. The maximum absolute atomic E-state index is 13.3. The van der Waals surface area contributed by atoms with Gasteiger partial charge >= 0.3 is 0 Å². The fourth-order valence-corrected chi connectivity index (χ4v) is 4.47. The van der Waals surface area contributed by atoms with Gasteiger partial charge in [0.1, 0.15) is 12.1 Å². The van der Waals surface area contributed by atoms with E-state index in [0.717, 1.165) is 16.3 Å². The van der Waals surface area contributed by atoms with Crippen molar-refractivity contribution in [1.29, 1.82) is 0 Å². The molecule has 0 spiro atoms. The Labute approximate surface area is 156 Å². The number of hydrogen-bond acceptors (Lipinski definition) is 4. The lowest BCUT2D eigenvalue weighted by molar-refractivity contribution is 0.570. The molecule has 0 saturated heterocycles. The maximum atomic E-state index is 13.3. The van der Waals surface area contributed by atoms with Gasteiger partial charge in [-0.05, 0) is 34.5 Å². The third kappa shape index (κ3) is 3.90. The molecule has 136 valence electrons. The molecule has 0 saturated carbocycles. The van der Waals surface area contributed by atoms with Gasteiger partial charge in [0.05, 0.1) is 17.2 Å². The quantitative estimate of drug-likeness (QED) is 0.501. The van der Waals surface area contributed by atoms with Crippen LogP contribution in [0.25, 0.3) is 22.2 Å². The number of benzene rings is 3. The van der Waals surface area contributed by atoms with E-state index in [1.54, 1.807) is 12.1 Å². The van der Waals surface area contributed by atoms with Crippen molar-refractivity contribution in [3.05, 3.63) is 90.1 Å². The van der Waals surface area contributed by atoms with Crippen molar-refractivity contribution in [2.45, 2.75) is 11.5 Å². The molecule has 0 atom stereocenters. The highest BCUT2D eigenvalue weighted by Crippen LogP contribution is 2.23. The van der Waals surface area contributed by atoms with Crippen LogP contribution in [0.3, 0.4) is 0 Å². The van der Waals surface area contributed by atoms with Gasteiger partial charge in [-0.2, -0.15) is 0 Å². The van der Waals surface area contributed by atoms with Gasteiger partial charge in [-0.3, -0.25) is 0 Å². The summed E-state index contributed by atoms with van der Waals surface area (Å²) in [6, 6.07) is 19.1. The largest absolute Gasteiger partial charge is 0.444 e. The molecule has 4 aromatic rings. The number of sulfone groups is 1. The van der Waals surface area contributed by atoms with Gasteiger partial charge in [0.2, 0.25) is 5.89 Å². The van der Waals surface area contributed by atoms with Gasteiger partial charge in [-0.1, -0.05) is 48.5 Å². The molecule has 0 amide bonds. The molecule has 4 rings (SSSR count). The van der Waals surface area contributed by atoms with Crippen molar-refractivity contribution in [1.82, 2.24) is 4.98 Å². The van der Waals surface area contributed by atoms with Crippen molar-refractivity contribution < 1.29 is 17.2 Å². The molecule has 0 bridgehead atoms. The van der Waals surface area contributed by atoms with E-state index in [1.165, 1.54) is 18.4 Å². The summed E-state index contributed by atoms with van der Waals surface area (Å²) in [4.78, 5) is 4.20. The van der Waals surface area contributed by atoms with Crippen LogP contribution in [-0.4, -0.2) is 13.4 Å². The third-order valence-electron chi connectivity index (χ3n) is 4.25. The van der Waals surface area contributed by atoms with Crippen LogP contribution in [0.5, 0.6) is 0 Å². The third-order valence-corrected chi connectivity index (χ3v) is 5.73. The smallest absolute Gasteiger partial charge is 0.226 e. The zero-order chi connectivity index (χ0) is 18.9. The van der Waals surface area contributed by atoms with E-state index >= 15 is 0 Å². The van der Waals surface area contributed by atoms with E-state index < -0.39 is 15.7 Å². The first kappa shape index (κ1) is 17.4. The van der Waals surface area contributed by atoms with Crippen molar-refractivity contribution in [2.75, 3.05) is 0 Å². The van der Waals surface area contributed by atoms with Crippen LogP contribution in [0.1, 0.15) is 11.3 Å².